The van der Waals surface area contributed by atoms with E-state index in [0.29, 0.717) is 12.5 Å². The smallest absolute Gasteiger partial charge is 0.216 e. The molecule has 0 radical (unpaired) electrons. The summed E-state index contributed by atoms with van der Waals surface area (Å²) in [6, 6.07) is 12.2. The van der Waals surface area contributed by atoms with E-state index in [9.17, 15) is 0 Å². The lowest BCUT2D eigenvalue weighted by molar-refractivity contribution is 0.291. The summed E-state index contributed by atoms with van der Waals surface area (Å²) in [6.45, 7) is 4.60. The number of rotatable bonds is 5. The number of aromatic nitrogens is 1. The van der Waals surface area contributed by atoms with E-state index in [1.807, 2.05) is 43.5 Å². The fourth-order valence-electron chi connectivity index (χ4n) is 1.90. The van der Waals surface area contributed by atoms with E-state index in [-0.39, 0.29) is 6.04 Å². The third-order valence-corrected chi connectivity index (χ3v) is 3.14. The Morgan fingerprint density at radius 2 is 2.00 bits per heavy atom. The summed E-state index contributed by atoms with van der Waals surface area (Å²) < 4.78 is 5.74. The van der Waals surface area contributed by atoms with E-state index in [1.54, 1.807) is 0 Å². The molecular formula is C16H20N2O. The van der Waals surface area contributed by atoms with Gasteiger partial charge in [0.25, 0.3) is 0 Å². The predicted octanol–water partition coefficient (Wildman–Crippen LogP) is 3.38. The predicted molar refractivity (Wildman–Crippen MR) is 77.0 cm³/mol. The number of ether oxygens (including phenoxy) is 1. The van der Waals surface area contributed by atoms with Gasteiger partial charge in [-0.15, -0.1) is 0 Å². The van der Waals surface area contributed by atoms with Gasteiger partial charge >= 0.3 is 0 Å². The van der Waals surface area contributed by atoms with E-state index in [1.165, 1.54) is 0 Å². The molecule has 0 aliphatic heterocycles. The van der Waals surface area contributed by atoms with E-state index < -0.39 is 0 Å². The minimum Gasteiger partial charge on any atom is -0.473 e. The lowest BCUT2D eigenvalue weighted by atomic mass is 10.1. The van der Waals surface area contributed by atoms with E-state index in [0.717, 1.165) is 23.1 Å². The fourth-order valence-corrected chi connectivity index (χ4v) is 1.90. The number of pyridine rings is 1. The van der Waals surface area contributed by atoms with Crippen LogP contribution in [0.2, 0.25) is 0 Å². The van der Waals surface area contributed by atoms with Crippen molar-refractivity contribution in [2.45, 2.75) is 32.9 Å². The molecule has 0 saturated heterocycles. The quantitative estimate of drug-likeness (QED) is 0.892. The van der Waals surface area contributed by atoms with Crippen molar-refractivity contribution in [3.8, 4) is 5.88 Å². The Balaban J connectivity index is 2.05. The van der Waals surface area contributed by atoms with E-state index in [4.69, 9.17) is 10.5 Å². The van der Waals surface area contributed by atoms with Gasteiger partial charge in [-0.05, 0) is 30.5 Å². The first kappa shape index (κ1) is 13.6. The molecule has 100 valence electrons. The molecule has 0 aliphatic carbocycles. The Morgan fingerprint density at radius 1 is 1.26 bits per heavy atom. The molecule has 2 aromatic rings. The number of benzene rings is 1. The second-order valence-corrected chi connectivity index (χ2v) is 4.68. The van der Waals surface area contributed by atoms with Gasteiger partial charge in [-0.2, -0.15) is 0 Å². The molecule has 2 N–H and O–H groups in total. The molecule has 0 unspecified atom stereocenters. The van der Waals surface area contributed by atoms with Gasteiger partial charge in [0, 0.05) is 17.8 Å². The molecule has 1 aromatic carbocycles. The maximum atomic E-state index is 6.00. The minimum absolute atomic E-state index is 0.0503. The van der Waals surface area contributed by atoms with Gasteiger partial charge in [0.05, 0.1) is 0 Å². The molecule has 2 rings (SSSR count). The molecule has 0 spiro atoms. The highest BCUT2D eigenvalue weighted by molar-refractivity contribution is 5.30. The maximum Gasteiger partial charge on any atom is 0.216 e. The van der Waals surface area contributed by atoms with Crippen LogP contribution in [-0.4, -0.2) is 4.98 Å². The molecule has 0 bridgehead atoms. The summed E-state index contributed by atoms with van der Waals surface area (Å²) in [5, 5.41) is 0. The summed E-state index contributed by atoms with van der Waals surface area (Å²) >= 11 is 0. The van der Waals surface area contributed by atoms with Crippen LogP contribution in [0.3, 0.4) is 0 Å². The highest BCUT2D eigenvalue weighted by Crippen LogP contribution is 2.21. The zero-order chi connectivity index (χ0) is 13.7. The Morgan fingerprint density at radius 3 is 2.63 bits per heavy atom. The van der Waals surface area contributed by atoms with Crippen LogP contribution < -0.4 is 10.5 Å². The molecule has 0 aliphatic rings. The first-order valence-electron chi connectivity index (χ1n) is 6.59. The standard InChI is InChI=1S/C16H20N2O/c1-3-15(17)14-9-12(2)16(18-10-14)19-11-13-7-5-4-6-8-13/h4-10,15H,3,11,17H2,1-2H3/t15-/m1/s1. The van der Waals surface area contributed by atoms with Crippen molar-refractivity contribution < 1.29 is 4.74 Å². The van der Waals surface area contributed by atoms with Crippen LogP contribution in [0.15, 0.2) is 42.6 Å². The van der Waals surface area contributed by atoms with Crippen LogP contribution in [-0.2, 0) is 6.61 Å². The third kappa shape index (κ3) is 3.55. The lowest BCUT2D eigenvalue weighted by Gasteiger charge is -2.12. The summed E-state index contributed by atoms with van der Waals surface area (Å²) in [5.74, 6) is 0.677. The molecular weight excluding hydrogens is 236 g/mol. The summed E-state index contributed by atoms with van der Waals surface area (Å²) in [5.41, 5.74) is 9.22. The van der Waals surface area contributed by atoms with Gasteiger partial charge in [-0.1, -0.05) is 37.3 Å². The van der Waals surface area contributed by atoms with Crippen molar-refractivity contribution in [2.75, 3.05) is 0 Å². The molecule has 0 saturated carbocycles. The minimum atomic E-state index is 0.0503. The average Bonchev–Trinajstić information content (AvgIpc) is 2.46. The number of nitrogens with two attached hydrogens (primary N) is 1. The number of hydrogen-bond acceptors (Lipinski definition) is 3. The van der Waals surface area contributed by atoms with Gasteiger partial charge in [-0.25, -0.2) is 4.98 Å². The van der Waals surface area contributed by atoms with Crippen molar-refractivity contribution >= 4 is 0 Å². The Hall–Kier alpha value is -1.87. The molecule has 3 nitrogen and oxygen atoms in total. The molecule has 0 amide bonds. The molecule has 3 heteroatoms. The number of hydrogen-bond donors (Lipinski definition) is 1. The van der Waals surface area contributed by atoms with Crippen LogP contribution >= 0.6 is 0 Å². The molecule has 1 heterocycles. The fraction of sp³-hybridized carbons (Fsp3) is 0.312. The van der Waals surface area contributed by atoms with Crippen molar-refractivity contribution in [1.29, 1.82) is 0 Å². The number of aryl methyl sites for hydroxylation is 1. The van der Waals surface area contributed by atoms with Gasteiger partial charge in [0.2, 0.25) is 5.88 Å². The van der Waals surface area contributed by atoms with Gasteiger partial charge in [0.15, 0.2) is 0 Å². The Kier molecular flexibility index (Phi) is 4.53. The van der Waals surface area contributed by atoms with E-state index >= 15 is 0 Å². The zero-order valence-corrected chi connectivity index (χ0v) is 11.5. The van der Waals surface area contributed by atoms with Gasteiger partial charge in [0.1, 0.15) is 6.61 Å². The van der Waals surface area contributed by atoms with Crippen LogP contribution in [0.25, 0.3) is 0 Å². The maximum absolute atomic E-state index is 6.00. The first-order chi connectivity index (χ1) is 9.20. The molecule has 0 fully saturated rings. The zero-order valence-electron chi connectivity index (χ0n) is 11.5. The second kappa shape index (κ2) is 6.34. The van der Waals surface area contributed by atoms with Gasteiger partial charge < -0.3 is 10.5 Å². The van der Waals surface area contributed by atoms with Crippen molar-refractivity contribution in [2.24, 2.45) is 5.73 Å². The number of nitrogens with zero attached hydrogens (tertiary/aromatic N) is 1. The Labute approximate surface area is 114 Å². The summed E-state index contributed by atoms with van der Waals surface area (Å²) in [6.07, 6.45) is 2.72. The SMILES string of the molecule is CC[C@@H](N)c1cnc(OCc2ccccc2)c(C)c1. The third-order valence-electron chi connectivity index (χ3n) is 3.14. The highest BCUT2D eigenvalue weighted by atomic mass is 16.5. The largest absolute Gasteiger partial charge is 0.473 e. The monoisotopic (exact) mass is 256 g/mol. The van der Waals surface area contributed by atoms with Crippen LogP contribution in [0.4, 0.5) is 0 Å². The molecule has 1 aromatic heterocycles. The van der Waals surface area contributed by atoms with Crippen LogP contribution in [0.5, 0.6) is 5.88 Å². The second-order valence-electron chi connectivity index (χ2n) is 4.68. The van der Waals surface area contributed by atoms with Crippen LogP contribution in [0, 0.1) is 6.92 Å². The summed E-state index contributed by atoms with van der Waals surface area (Å²) in [7, 11) is 0. The van der Waals surface area contributed by atoms with E-state index in [2.05, 4.69) is 18.0 Å². The summed E-state index contributed by atoms with van der Waals surface area (Å²) in [4.78, 5) is 4.36. The van der Waals surface area contributed by atoms with Crippen LogP contribution in [0.1, 0.15) is 36.1 Å². The molecule has 1 atom stereocenters. The highest BCUT2D eigenvalue weighted by Gasteiger charge is 2.08. The lowest BCUT2D eigenvalue weighted by Crippen LogP contribution is -2.10. The average molecular weight is 256 g/mol. The topological polar surface area (TPSA) is 48.1 Å². The normalized spacial score (nSPS) is 12.2. The van der Waals surface area contributed by atoms with Gasteiger partial charge in [-0.3, -0.25) is 0 Å². The Bertz CT molecular complexity index is 526. The first-order valence-corrected chi connectivity index (χ1v) is 6.59. The van der Waals surface area contributed by atoms with Crippen molar-refractivity contribution in [3.63, 3.8) is 0 Å². The van der Waals surface area contributed by atoms with Crippen molar-refractivity contribution in [1.82, 2.24) is 4.98 Å². The molecule has 19 heavy (non-hydrogen) atoms. The van der Waals surface area contributed by atoms with Crippen molar-refractivity contribution in [3.05, 3.63) is 59.3 Å².